The minimum absolute atomic E-state index is 0.893. The summed E-state index contributed by atoms with van der Waals surface area (Å²) in [5.74, 6) is 0.893. The van der Waals surface area contributed by atoms with Gasteiger partial charge in [-0.05, 0) is 45.0 Å². The topological polar surface area (TPSA) is 9.23 Å². The Labute approximate surface area is 140 Å². The van der Waals surface area contributed by atoms with E-state index in [-0.39, 0.29) is 0 Å². The van der Waals surface area contributed by atoms with Crippen molar-refractivity contribution in [2.45, 2.75) is 6.55 Å². The van der Waals surface area contributed by atoms with Gasteiger partial charge in [0.05, 0.1) is 4.47 Å². The fourth-order valence-corrected chi connectivity index (χ4v) is 5.90. The van der Waals surface area contributed by atoms with Crippen molar-refractivity contribution < 1.29 is 4.43 Å². The molecule has 0 N–H and O–H groups in total. The summed E-state index contributed by atoms with van der Waals surface area (Å²) in [6.45, 7) is 2.25. The smallest absolute Gasteiger partial charge is 0.311 e. The molecule has 0 aliphatic carbocycles. The largest absolute Gasteiger partial charge is 0.534 e. The zero-order valence-corrected chi connectivity index (χ0v) is 15.0. The summed E-state index contributed by atoms with van der Waals surface area (Å²) in [6, 6.07) is 29.1. The highest BCUT2D eigenvalue weighted by atomic mass is 79.9. The zero-order chi connectivity index (χ0) is 15.4. The molecule has 0 aliphatic heterocycles. The lowest BCUT2D eigenvalue weighted by Crippen LogP contribution is -2.60. The van der Waals surface area contributed by atoms with Crippen molar-refractivity contribution >= 4 is 34.6 Å². The van der Waals surface area contributed by atoms with Gasteiger partial charge in [0.1, 0.15) is 5.75 Å². The number of benzene rings is 3. The van der Waals surface area contributed by atoms with Crippen molar-refractivity contribution in [3.05, 3.63) is 89.4 Å². The molecule has 0 aliphatic rings. The molecule has 3 heteroatoms. The molecule has 3 aromatic carbocycles. The lowest BCUT2D eigenvalue weighted by atomic mass is 10.3. The van der Waals surface area contributed by atoms with E-state index in [9.17, 15) is 0 Å². The van der Waals surface area contributed by atoms with Crippen molar-refractivity contribution in [3.8, 4) is 5.75 Å². The van der Waals surface area contributed by atoms with E-state index in [4.69, 9.17) is 4.43 Å². The molecule has 0 saturated carbocycles. The third kappa shape index (κ3) is 3.01. The molecule has 22 heavy (non-hydrogen) atoms. The summed E-state index contributed by atoms with van der Waals surface area (Å²) in [4.78, 5) is 0. The molecule has 0 unspecified atom stereocenters. The Morgan fingerprint density at radius 3 is 1.64 bits per heavy atom. The van der Waals surface area contributed by atoms with Crippen LogP contribution in [0.3, 0.4) is 0 Å². The number of hydrogen-bond donors (Lipinski definition) is 0. The lowest BCUT2D eigenvalue weighted by Gasteiger charge is -2.29. The highest BCUT2D eigenvalue weighted by Gasteiger charge is 2.36. The fraction of sp³-hybridized carbons (Fsp3) is 0.0526. The first-order valence-corrected chi connectivity index (χ1v) is 10.4. The summed E-state index contributed by atoms with van der Waals surface area (Å²) in [6.07, 6.45) is 0. The second-order valence-electron chi connectivity index (χ2n) is 5.30. The van der Waals surface area contributed by atoms with Gasteiger partial charge in [-0.25, -0.2) is 0 Å². The molecule has 3 rings (SSSR count). The number of para-hydroxylation sites is 1. The summed E-state index contributed by atoms with van der Waals surface area (Å²) in [5, 5.41) is 2.52. The van der Waals surface area contributed by atoms with Gasteiger partial charge in [0, 0.05) is 0 Å². The maximum atomic E-state index is 6.60. The second kappa shape index (κ2) is 6.51. The van der Waals surface area contributed by atoms with Gasteiger partial charge in [-0.15, -0.1) is 0 Å². The number of halogens is 1. The van der Waals surface area contributed by atoms with Gasteiger partial charge >= 0.3 is 8.32 Å². The van der Waals surface area contributed by atoms with E-state index < -0.39 is 8.32 Å². The molecule has 3 aromatic rings. The van der Waals surface area contributed by atoms with E-state index in [0.717, 1.165) is 10.2 Å². The Hall–Kier alpha value is -1.84. The van der Waals surface area contributed by atoms with Crippen molar-refractivity contribution in [3.63, 3.8) is 0 Å². The molecule has 1 nitrogen and oxygen atoms in total. The molecule has 0 heterocycles. The SMILES string of the molecule is C[Si](Oc1ccccc1Br)(c1ccccc1)c1ccccc1. The Morgan fingerprint density at radius 2 is 1.14 bits per heavy atom. The highest BCUT2D eigenvalue weighted by molar-refractivity contribution is 9.10. The zero-order valence-electron chi connectivity index (χ0n) is 12.4. The molecule has 0 aromatic heterocycles. The maximum absolute atomic E-state index is 6.60. The van der Waals surface area contributed by atoms with Gasteiger partial charge in [0.2, 0.25) is 0 Å². The molecule has 0 saturated heterocycles. The van der Waals surface area contributed by atoms with Gasteiger partial charge in [0.15, 0.2) is 0 Å². The molecule has 0 fully saturated rings. The molecule has 110 valence electrons. The molecular formula is C19H17BrOSi. The van der Waals surface area contributed by atoms with Gasteiger partial charge in [-0.2, -0.15) is 0 Å². The fourth-order valence-electron chi connectivity index (χ4n) is 2.54. The Bertz CT molecular complexity index is 704. The molecule has 0 amide bonds. The summed E-state index contributed by atoms with van der Waals surface area (Å²) < 4.78 is 7.58. The highest BCUT2D eigenvalue weighted by Crippen LogP contribution is 2.26. The number of rotatable bonds is 4. The van der Waals surface area contributed by atoms with Crippen LogP contribution in [0.2, 0.25) is 6.55 Å². The first kappa shape index (κ1) is 15.1. The Kier molecular flexibility index (Phi) is 4.46. The van der Waals surface area contributed by atoms with Crippen LogP contribution in [0.4, 0.5) is 0 Å². The van der Waals surface area contributed by atoms with Crippen LogP contribution in [0.25, 0.3) is 0 Å². The standard InChI is InChI=1S/C19H17BrOSi/c1-22(16-10-4-2-5-11-16,17-12-6-3-7-13-17)21-19-15-9-8-14-18(19)20/h2-15H,1H3. The maximum Gasteiger partial charge on any atom is 0.311 e. The molecule has 0 spiro atoms. The van der Waals surface area contributed by atoms with Crippen LogP contribution in [0.1, 0.15) is 0 Å². The summed E-state index contributed by atoms with van der Waals surface area (Å²) >= 11 is 3.59. The van der Waals surface area contributed by atoms with Gasteiger partial charge in [-0.1, -0.05) is 72.8 Å². The van der Waals surface area contributed by atoms with Crippen LogP contribution >= 0.6 is 15.9 Å². The normalized spacial score (nSPS) is 11.2. The van der Waals surface area contributed by atoms with Crippen molar-refractivity contribution in [1.29, 1.82) is 0 Å². The van der Waals surface area contributed by atoms with Gasteiger partial charge < -0.3 is 4.43 Å². The van der Waals surface area contributed by atoms with E-state index in [2.05, 4.69) is 71.0 Å². The average molecular weight is 369 g/mol. The second-order valence-corrected chi connectivity index (χ2v) is 9.58. The van der Waals surface area contributed by atoms with Gasteiger partial charge in [-0.3, -0.25) is 0 Å². The number of hydrogen-bond acceptors (Lipinski definition) is 1. The van der Waals surface area contributed by atoms with Crippen LogP contribution < -0.4 is 14.8 Å². The van der Waals surface area contributed by atoms with Crippen LogP contribution in [-0.2, 0) is 0 Å². The van der Waals surface area contributed by atoms with E-state index in [1.807, 2.05) is 36.4 Å². The molecule has 0 atom stereocenters. The van der Waals surface area contributed by atoms with E-state index in [1.165, 1.54) is 10.4 Å². The Morgan fingerprint density at radius 1 is 0.682 bits per heavy atom. The van der Waals surface area contributed by atoms with Crippen LogP contribution in [0.15, 0.2) is 89.4 Å². The minimum Gasteiger partial charge on any atom is -0.534 e. The van der Waals surface area contributed by atoms with Crippen molar-refractivity contribution in [1.82, 2.24) is 0 Å². The van der Waals surface area contributed by atoms with E-state index in [0.29, 0.717) is 0 Å². The molecule has 0 bridgehead atoms. The Balaban J connectivity index is 2.10. The first-order valence-electron chi connectivity index (χ1n) is 7.25. The third-order valence-corrected chi connectivity index (χ3v) is 7.95. The quantitative estimate of drug-likeness (QED) is 0.626. The average Bonchev–Trinajstić information content (AvgIpc) is 2.58. The monoisotopic (exact) mass is 368 g/mol. The predicted octanol–water partition coefficient (Wildman–Crippen LogP) is 4.22. The summed E-state index contributed by atoms with van der Waals surface area (Å²) in [5.41, 5.74) is 0. The third-order valence-electron chi connectivity index (χ3n) is 3.80. The van der Waals surface area contributed by atoms with Crippen molar-refractivity contribution in [2.75, 3.05) is 0 Å². The molecular weight excluding hydrogens is 352 g/mol. The summed E-state index contributed by atoms with van der Waals surface area (Å²) in [7, 11) is -2.30. The van der Waals surface area contributed by atoms with Crippen LogP contribution in [-0.4, -0.2) is 8.32 Å². The minimum atomic E-state index is -2.30. The van der Waals surface area contributed by atoms with Crippen molar-refractivity contribution in [2.24, 2.45) is 0 Å². The molecule has 0 radical (unpaired) electrons. The van der Waals surface area contributed by atoms with E-state index in [1.54, 1.807) is 0 Å². The van der Waals surface area contributed by atoms with Gasteiger partial charge in [0.25, 0.3) is 0 Å². The van der Waals surface area contributed by atoms with Crippen LogP contribution in [0.5, 0.6) is 5.75 Å². The first-order chi connectivity index (χ1) is 10.7. The predicted molar refractivity (Wildman–Crippen MR) is 98.5 cm³/mol. The lowest BCUT2D eigenvalue weighted by molar-refractivity contribution is 0.567. The van der Waals surface area contributed by atoms with E-state index >= 15 is 0 Å². The van der Waals surface area contributed by atoms with Crippen LogP contribution in [0, 0.1) is 0 Å².